The van der Waals surface area contributed by atoms with Gasteiger partial charge in [-0.15, -0.1) is 0 Å². The van der Waals surface area contributed by atoms with Gasteiger partial charge in [0.25, 0.3) is 5.91 Å². The van der Waals surface area contributed by atoms with Crippen LogP contribution in [0.2, 0.25) is 0 Å². The van der Waals surface area contributed by atoms with E-state index < -0.39 is 0 Å². The molecule has 1 heterocycles. The fourth-order valence-electron chi connectivity index (χ4n) is 1.69. The van der Waals surface area contributed by atoms with Crippen LogP contribution < -0.4 is 15.5 Å². The average Bonchev–Trinajstić information content (AvgIpc) is 2.87. The number of nitrogens with zero attached hydrogens (tertiary/aromatic N) is 3. The summed E-state index contributed by atoms with van der Waals surface area (Å²) in [4.78, 5) is 20.8. The maximum absolute atomic E-state index is 12.5. The monoisotopic (exact) mass is 290 g/mol. The summed E-state index contributed by atoms with van der Waals surface area (Å²) in [5.41, 5.74) is 6.71. The Bertz CT molecular complexity index is 596. The fraction of sp³-hybridized carbons (Fsp3) is 0.286. The van der Waals surface area contributed by atoms with Crippen molar-refractivity contribution >= 4 is 33.9 Å². The third-order valence-electron chi connectivity index (χ3n) is 3.09. The highest BCUT2D eigenvalue weighted by molar-refractivity contribution is 7.18. The molecule has 0 saturated heterocycles. The minimum atomic E-state index is -0.137. The van der Waals surface area contributed by atoms with Crippen LogP contribution in [0.25, 0.3) is 0 Å². The number of anilines is 3. The lowest BCUT2D eigenvalue weighted by atomic mass is 10.3. The molecule has 0 bridgehead atoms. The first kappa shape index (κ1) is 14.3. The van der Waals surface area contributed by atoms with Gasteiger partial charge in [-0.1, -0.05) is 29.5 Å². The van der Waals surface area contributed by atoms with Gasteiger partial charge in [-0.3, -0.25) is 4.79 Å². The second-order valence-corrected chi connectivity index (χ2v) is 5.40. The summed E-state index contributed by atoms with van der Waals surface area (Å²) in [7, 11) is 3.66. The first-order valence-corrected chi connectivity index (χ1v) is 7.16. The van der Waals surface area contributed by atoms with Crippen LogP contribution in [0, 0.1) is 0 Å². The molecule has 1 aromatic carbocycles. The van der Waals surface area contributed by atoms with Crippen molar-refractivity contribution in [1.82, 2.24) is 4.98 Å². The number of para-hydroxylation sites is 1. The number of thiazole rings is 1. The van der Waals surface area contributed by atoms with Crippen LogP contribution in [0.1, 0.15) is 16.6 Å². The molecule has 1 aromatic heterocycles. The van der Waals surface area contributed by atoms with Gasteiger partial charge < -0.3 is 15.5 Å². The lowest BCUT2D eigenvalue weighted by molar-refractivity contribution is 0.0997. The van der Waals surface area contributed by atoms with E-state index in [9.17, 15) is 4.79 Å². The van der Waals surface area contributed by atoms with Crippen molar-refractivity contribution in [2.45, 2.75) is 6.92 Å². The number of amides is 1. The zero-order chi connectivity index (χ0) is 14.7. The highest BCUT2D eigenvalue weighted by Crippen LogP contribution is 2.29. The van der Waals surface area contributed by atoms with Crippen molar-refractivity contribution in [2.24, 2.45) is 0 Å². The first-order chi connectivity index (χ1) is 9.54. The minimum absolute atomic E-state index is 0.137. The number of rotatable bonds is 4. The number of benzene rings is 1. The van der Waals surface area contributed by atoms with E-state index in [-0.39, 0.29) is 11.7 Å². The van der Waals surface area contributed by atoms with Crippen molar-refractivity contribution in [3.8, 4) is 0 Å². The zero-order valence-corrected chi connectivity index (χ0v) is 12.6. The van der Waals surface area contributed by atoms with Gasteiger partial charge in [0, 0.05) is 26.3 Å². The molecular weight excluding hydrogens is 272 g/mol. The van der Waals surface area contributed by atoms with Gasteiger partial charge in [-0.2, -0.15) is 0 Å². The van der Waals surface area contributed by atoms with E-state index in [0.29, 0.717) is 4.88 Å². The van der Waals surface area contributed by atoms with E-state index in [1.807, 2.05) is 49.2 Å². The molecule has 0 spiro atoms. The summed E-state index contributed by atoms with van der Waals surface area (Å²) in [6.45, 7) is 2.84. The van der Waals surface area contributed by atoms with Gasteiger partial charge >= 0.3 is 0 Å². The number of hydrogen-bond donors (Lipinski definition) is 1. The summed E-state index contributed by atoms with van der Waals surface area (Å²) in [5.74, 6) is 0.153. The van der Waals surface area contributed by atoms with Crippen LogP contribution in [-0.4, -0.2) is 31.5 Å². The molecule has 6 heteroatoms. The van der Waals surface area contributed by atoms with Crippen LogP contribution in [0.5, 0.6) is 0 Å². The molecule has 106 valence electrons. The van der Waals surface area contributed by atoms with E-state index in [4.69, 9.17) is 5.73 Å². The fourth-order valence-corrected chi connectivity index (χ4v) is 2.68. The van der Waals surface area contributed by atoms with Gasteiger partial charge in [-0.25, -0.2) is 4.98 Å². The maximum Gasteiger partial charge on any atom is 0.272 e. The Balaban J connectivity index is 2.27. The molecule has 2 rings (SSSR count). The normalized spacial score (nSPS) is 10.3. The van der Waals surface area contributed by atoms with Gasteiger partial charge in [0.15, 0.2) is 5.13 Å². The van der Waals surface area contributed by atoms with E-state index in [1.165, 1.54) is 11.3 Å². The Labute approximate surface area is 122 Å². The molecule has 0 aliphatic heterocycles. The van der Waals surface area contributed by atoms with Crippen molar-refractivity contribution in [3.05, 3.63) is 35.2 Å². The molecule has 0 aliphatic rings. The van der Waals surface area contributed by atoms with Crippen LogP contribution in [0.3, 0.4) is 0 Å². The number of nitrogens with two attached hydrogens (primary N) is 1. The Hall–Kier alpha value is -2.08. The third-order valence-corrected chi connectivity index (χ3v) is 4.26. The maximum atomic E-state index is 12.5. The second kappa shape index (κ2) is 5.92. The van der Waals surface area contributed by atoms with Crippen molar-refractivity contribution in [2.75, 3.05) is 36.2 Å². The minimum Gasteiger partial charge on any atom is -0.382 e. The molecule has 0 unspecified atom stereocenters. The number of hydrogen-bond acceptors (Lipinski definition) is 5. The lowest BCUT2D eigenvalue weighted by Gasteiger charge is -2.16. The molecule has 20 heavy (non-hydrogen) atoms. The van der Waals surface area contributed by atoms with Gasteiger partial charge in [-0.05, 0) is 19.1 Å². The highest BCUT2D eigenvalue weighted by Gasteiger charge is 2.21. The van der Waals surface area contributed by atoms with E-state index in [0.717, 1.165) is 17.4 Å². The third kappa shape index (κ3) is 2.75. The zero-order valence-electron chi connectivity index (χ0n) is 11.8. The topological polar surface area (TPSA) is 62.5 Å². The SMILES string of the molecule is CCN(C)c1nc(N)c(C(=O)N(C)c2ccccc2)s1. The van der Waals surface area contributed by atoms with Crippen molar-refractivity contribution in [1.29, 1.82) is 0 Å². The largest absolute Gasteiger partial charge is 0.382 e. The lowest BCUT2D eigenvalue weighted by Crippen LogP contribution is -2.26. The standard InChI is InChI=1S/C14H18N4OS/c1-4-17(2)14-16-12(15)11(20-14)13(19)18(3)10-8-6-5-7-9-10/h5-9H,4,15H2,1-3H3. The molecule has 0 atom stereocenters. The van der Waals surface area contributed by atoms with E-state index >= 15 is 0 Å². The molecule has 2 N–H and O–H groups in total. The molecule has 0 aliphatic carbocycles. The van der Waals surface area contributed by atoms with Crippen LogP contribution >= 0.6 is 11.3 Å². The first-order valence-electron chi connectivity index (χ1n) is 6.35. The van der Waals surface area contributed by atoms with E-state index in [2.05, 4.69) is 4.98 Å². The Morgan fingerprint density at radius 1 is 1.30 bits per heavy atom. The highest BCUT2D eigenvalue weighted by atomic mass is 32.1. The molecular formula is C14H18N4OS. The summed E-state index contributed by atoms with van der Waals surface area (Å²) >= 11 is 1.32. The smallest absolute Gasteiger partial charge is 0.272 e. The Morgan fingerprint density at radius 3 is 2.55 bits per heavy atom. The van der Waals surface area contributed by atoms with Crippen molar-refractivity contribution < 1.29 is 4.79 Å². The Morgan fingerprint density at radius 2 is 1.95 bits per heavy atom. The molecule has 0 radical (unpaired) electrons. The molecule has 5 nitrogen and oxygen atoms in total. The van der Waals surface area contributed by atoms with Crippen LogP contribution in [0.15, 0.2) is 30.3 Å². The van der Waals surface area contributed by atoms with Crippen LogP contribution in [0.4, 0.5) is 16.6 Å². The van der Waals surface area contributed by atoms with Gasteiger partial charge in [0.05, 0.1) is 0 Å². The van der Waals surface area contributed by atoms with Gasteiger partial charge in [0.2, 0.25) is 0 Å². The van der Waals surface area contributed by atoms with Crippen LogP contribution in [-0.2, 0) is 0 Å². The number of nitrogen functional groups attached to an aromatic ring is 1. The van der Waals surface area contributed by atoms with E-state index in [1.54, 1.807) is 11.9 Å². The predicted molar refractivity (Wildman–Crippen MR) is 84.6 cm³/mol. The summed E-state index contributed by atoms with van der Waals surface area (Å²) in [5, 5.41) is 0.759. The molecule has 0 fully saturated rings. The number of aromatic nitrogens is 1. The predicted octanol–water partition coefficient (Wildman–Crippen LogP) is 2.46. The number of carbonyl (C=O) groups is 1. The summed E-state index contributed by atoms with van der Waals surface area (Å²) < 4.78 is 0. The number of carbonyl (C=O) groups excluding carboxylic acids is 1. The molecule has 1 amide bonds. The summed E-state index contributed by atoms with van der Waals surface area (Å²) in [6.07, 6.45) is 0. The average molecular weight is 290 g/mol. The summed E-state index contributed by atoms with van der Waals surface area (Å²) in [6, 6.07) is 9.47. The molecule has 2 aromatic rings. The molecule has 0 saturated carbocycles. The second-order valence-electron chi connectivity index (χ2n) is 4.42. The van der Waals surface area contributed by atoms with Crippen molar-refractivity contribution in [3.63, 3.8) is 0 Å². The quantitative estimate of drug-likeness (QED) is 0.939. The van der Waals surface area contributed by atoms with Gasteiger partial charge in [0.1, 0.15) is 10.7 Å². The Kier molecular flexibility index (Phi) is 4.24.